The molecule has 0 bridgehead atoms. The molecule has 4 nitrogen and oxygen atoms in total. The molecule has 0 radical (unpaired) electrons. The number of likely N-dealkylation sites (N-methyl/N-ethyl adjacent to an activating group) is 1. The van der Waals surface area contributed by atoms with Crippen molar-refractivity contribution >= 4 is 11.9 Å². The number of hydrogen-bond donors (Lipinski definition) is 0. The molecule has 0 aromatic heterocycles. The van der Waals surface area contributed by atoms with E-state index in [0.29, 0.717) is 19.3 Å². The lowest BCUT2D eigenvalue weighted by Gasteiger charge is -2.29. The summed E-state index contributed by atoms with van der Waals surface area (Å²) in [6.07, 6.45) is 13.1. The highest BCUT2D eigenvalue weighted by Crippen LogP contribution is 2.21. The van der Waals surface area contributed by atoms with Crippen molar-refractivity contribution in [2.45, 2.75) is 89.2 Å². The van der Waals surface area contributed by atoms with Crippen LogP contribution in [-0.4, -0.2) is 36.0 Å². The normalized spacial score (nSPS) is 16.7. The number of aryl methyl sites for hydroxylation is 1. The van der Waals surface area contributed by atoms with Gasteiger partial charge in [-0.2, -0.15) is 0 Å². The smallest absolute Gasteiger partial charge is 0.329 e. The summed E-state index contributed by atoms with van der Waals surface area (Å²) in [6, 6.07) is 9.55. The lowest BCUT2D eigenvalue weighted by atomic mass is 10.0. The molecule has 1 fully saturated rings. The molecule has 29 heavy (non-hydrogen) atoms. The average Bonchev–Trinajstić information content (AvgIpc) is 2.86. The van der Waals surface area contributed by atoms with E-state index in [1.54, 1.807) is 18.0 Å². The summed E-state index contributed by atoms with van der Waals surface area (Å²) in [5, 5.41) is 0. The number of esters is 1. The molecule has 0 saturated heterocycles. The lowest BCUT2D eigenvalue weighted by molar-refractivity contribution is -0.159. The maximum absolute atomic E-state index is 13.1. The Balaban J connectivity index is 2.03. The number of benzene rings is 1. The molecule has 1 aliphatic carbocycles. The summed E-state index contributed by atoms with van der Waals surface area (Å²) in [5.41, 5.74) is 1.17. The third-order valence-electron chi connectivity index (χ3n) is 5.83. The Bertz CT molecular complexity index is 618. The molecule has 0 unspecified atom stereocenters. The number of amides is 1. The molecule has 1 aliphatic rings. The molecule has 1 atom stereocenters. The Kier molecular flexibility index (Phi) is 10.5. The van der Waals surface area contributed by atoms with Gasteiger partial charge in [0.25, 0.3) is 0 Å². The number of hydrogen-bond acceptors (Lipinski definition) is 3. The third-order valence-corrected chi connectivity index (χ3v) is 5.83. The fourth-order valence-corrected chi connectivity index (χ4v) is 3.95. The predicted molar refractivity (Wildman–Crippen MR) is 118 cm³/mol. The van der Waals surface area contributed by atoms with Gasteiger partial charge in [0.1, 0.15) is 12.1 Å². The van der Waals surface area contributed by atoms with Crippen molar-refractivity contribution < 1.29 is 14.3 Å². The summed E-state index contributed by atoms with van der Waals surface area (Å²) in [5.74, 6) is -0.283. The van der Waals surface area contributed by atoms with Crippen LogP contribution in [-0.2, 0) is 20.7 Å². The van der Waals surface area contributed by atoms with E-state index in [2.05, 4.69) is 18.7 Å². The second-order valence-corrected chi connectivity index (χ2v) is 8.13. The van der Waals surface area contributed by atoms with Crippen LogP contribution < -0.4 is 0 Å². The first-order valence-electron chi connectivity index (χ1n) is 11.2. The van der Waals surface area contributed by atoms with Gasteiger partial charge < -0.3 is 9.64 Å². The van der Waals surface area contributed by atoms with Crippen molar-refractivity contribution in [2.24, 2.45) is 0 Å². The average molecular weight is 400 g/mol. The highest BCUT2D eigenvalue weighted by atomic mass is 16.5. The van der Waals surface area contributed by atoms with Crippen molar-refractivity contribution in [2.75, 3.05) is 7.05 Å². The van der Waals surface area contributed by atoms with Gasteiger partial charge in [-0.1, -0.05) is 62.1 Å². The van der Waals surface area contributed by atoms with Crippen LogP contribution in [0.1, 0.15) is 76.2 Å². The summed E-state index contributed by atoms with van der Waals surface area (Å²) >= 11 is 0. The van der Waals surface area contributed by atoms with Crippen LogP contribution in [0, 0.1) is 0 Å². The second-order valence-electron chi connectivity index (χ2n) is 8.13. The van der Waals surface area contributed by atoms with Crippen molar-refractivity contribution in [3.8, 4) is 0 Å². The number of carbonyl (C=O) groups is 2. The van der Waals surface area contributed by atoms with E-state index in [4.69, 9.17) is 4.74 Å². The first-order valence-corrected chi connectivity index (χ1v) is 11.2. The largest absolute Gasteiger partial charge is 0.461 e. The Morgan fingerprint density at radius 1 is 1.10 bits per heavy atom. The molecule has 0 aliphatic heterocycles. The molecule has 2 rings (SSSR count). The maximum Gasteiger partial charge on any atom is 0.329 e. The van der Waals surface area contributed by atoms with Crippen molar-refractivity contribution in [3.05, 3.63) is 48.6 Å². The molecule has 1 saturated carbocycles. The van der Waals surface area contributed by atoms with Gasteiger partial charge in [-0.3, -0.25) is 4.79 Å². The van der Waals surface area contributed by atoms with Crippen LogP contribution in [0.2, 0.25) is 0 Å². The predicted octanol–water partition coefficient (Wildman–Crippen LogP) is 5.46. The molecule has 0 heterocycles. The molecular weight excluding hydrogens is 362 g/mol. The van der Waals surface area contributed by atoms with Crippen LogP contribution in [0.15, 0.2) is 43.0 Å². The summed E-state index contributed by atoms with van der Waals surface area (Å²) in [4.78, 5) is 27.3. The highest BCUT2D eigenvalue weighted by molar-refractivity contribution is 5.84. The van der Waals surface area contributed by atoms with Crippen molar-refractivity contribution in [1.29, 1.82) is 0 Å². The molecule has 0 N–H and O–H groups in total. The molecule has 0 spiro atoms. The van der Waals surface area contributed by atoms with Crippen LogP contribution in [0.5, 0.6) is 0 Å². The number of allylic oxidation sites excluding steroid dienone is 1. The topological polar surface area (TPSA) is 46.6 Å². The quantitative estimate of drug-likeness (QED) is 0.409. The van der Waals surface area contributed by atoms with E-state index in [1.807, 2.05) is 18.2 Å². The van der Waals surface area contributed by atoms with Gasteiger partial charge in [0.15, 0.2) is 0 Å². The van der Waals surface area contributed by atoms with Crippen LogP contribution >= 0.6 is 0 Å². The standard InChI is InChI=1S/C25H37NO3/c1-3-4-18-24(27)26(2)23(20-19-21-14-10-9-11-15-21)25(28)29-22-16-12-7-5-6-8-13-17-22/h3,9-11,14-15,22-23H,1,4-8,12-13,16-20H2,2H3/t23-/m0/s1. The first kappa shape index (κ1) is 23.2. The van der Waals surface area contributed by atoms with E-state index in [9.17, 15) is 9.59 Å². The van der Waals surface area contributed by atoms with Gasteiger partial charge in [0, 0.05) is 13.5 Å². The minimum Gasteiger partial charge on any atom is -0.461 e. The fourth-order valence-electron chi connectivity index (χ4n) is 3.95. The lowest BCUT2D eigenvalue weighted by Crippen LogP contribution is -2.44. The van der Waals surface area contributed by atoms with Gasteiger partial charge in [-0.25, -0.2) is 4.79 Å². The van der Waals surface area contributed by atoms with Crippen molar-refractivity contribution in [3.63, 3.8) is 0 Å². The summed E-state index contributed by atoms with van der Waals surface area (Å²) in [6.45, 7) is 3.69. The molecule has 4 heteroatoms. The summed E-state index contributed by atoms with van der Waals surface area (Å²) < 4.78 is 5.96. The number of rotatable bonds is 9. The Labute approximate surface area is 176 Å². The number of nitrogens with zero attached hydrogens (tertiary/aromatic N) is 1. The van der Waals surface area contributed by atoms with E-state index in [0.717, 1.165) is 32.1 Å². The van der Waals surface area contributed by atoms with E-state index in [1.165, 1.54) is 31.2 Å². The minimum absolute atomic E-state index is 0.0171. The fraction of sp³-hybridized carbons (Fsp3) is 0.600. The monoisotopic (exact) mass is 399 g/mol. The van der Waals surface area contributed by atoms with Gasteiger partial charge >= 0.3 is 5.97 Å². The van der Waals surface area contributed by atoms with Gasteiger partial charge in [-0.05, 0) is 50.5 Å². The zero-order valence-corrected chi connectivity index (χ0v) is 18.0. The molecular formula is C25H37NO3. The first-order chi connectivity index (χ1) is 14.1. The Morgan fingerprint density at radius 3 is 2.34 bits per heavy atom. The highest BCUT2D eigenvalue weighted by Gasteiger charge is 2.29. The van der Waals surface area contributed by atoms with E-state index in [-0.39, 0.29) is 18.0 Å². The number of ether oxygens (including phenoxy) is 1. The number of carbonyl (C=O) groups excluding carboxylic acids is 2. The maximum atomic E-state index is 13.1. The zero-order valence-electron chi connectivity index (χ0n) is 18.0. The van der Waals surface area contributed by atoms with Gasteiger partial charge in [0.05, 0.1) is 0 Å². The van der Waals surface area contributed by atoms with Gasteiger partial charge in [0.2, 0.25) is 5.91 Å². The molecule has 1 amide bonds. The second kappa shape index (κ2) is 13.2. The zero-order chi connectivity index (χ0) is 20.9. The third kappa shape index (κ3) is 8.43. The Hall–Kier alpha value is -2.10. The molecule has 1 aromatic carbocycles. The minimum atomic E-state index is -0.542. The van der Waals surface area contributed by atoms with Crippen LogP contribution in [0.25, 0.3) is 0 Å². The van der Waals surface area contributed by atoms with Crippen LogP contribution in [0.3, 0.4) is 0 Å². The van der Waals surface area contributed by atoms with Gasteiger partial charge in [-0.15, -0.1) is 6.58 Å². The Morgan fingerprint density at radius 2 is 1.72 bits per heavy atom. The van der Waals surface area contributed by atoms with Crippen LogP contribution in [0.4, 0.5) is 0 Å². The van der Waals surface area contributed by atoms with E-state index >= 15 is 0 Å². The van der Waals surface area contributed by atoms with Crippen molar-refractivity contribution in [1.82, 2.24) is 4.90 Å². The summed E-state index contributed by atoms with van der Waals surface area (Å²) in [7, 11) is 1.73. The molecule has 1 aromatic rings. The molecule has 160 valence electrons. The SMILES string of the molecule is C=CCCC(=O)N(C)[C@@H](CCc1ccccc1)C(=O)OC1CCCCCCCC1. The van der Waals surface area contributed by atoms with E-state index < -0.39 is 6.04 Å².